The molecular weight excluding hydrogens is 1060 g/mol. The monoisotopic (exact) mass is 1210 g/mol. The molecule has 498 valence electrons. The first kappa shape index (κ1) is 82.5. The largest absolute Gasteiger partial charge is 0.756 e. The number of carbonyl (C=O) groups is 2. The fourth-order valence-corrected chi connectivity index (χ4v) is 12.1. The van der Waals surface area contributed by atoms with Crippen LogP contribution in [0.1, 0.15) is 387 Å². The van der Waals surface area contributed by atoms with Gasteiger partial charge in [0.05, 0.1) is 33.8 Å². The number of allylic oxidation sites excluding steroid dienone is 3. The van der Waals surface area contributed by atoms with Gasteiger partial charge >= 0.3 is 5.97 Å². The molecule has 0 saturated heterocycles. The van der Waals surface area contributed by atoms with E-state index in [9.17, 15) is 19.0 Å². The van der Waals surface area contributed by atoms with E-state index in [-0.39, 0.29) is 31.5 Å². The minimum Gasteiger partial charge on any atom is -0.756 e. The molecule has 0 aliphatic rings. The Morgan fingerprint density at radius 2 is 0.690 bits per heavy atom. The molecule has 1 amide bonds. The van der Waals surface area contributed by atoms with Gasteiger partial charge in [0, 0.05) is 12.8 Å². The molecule has 0 aliphatic heterocycles. The molecule has 0 bridgehead atoms. The molecule has 1 N–H and O–H groups in total. The molecule has 0 radical (unpaired) electrons. The van der Waals surface area contributed by atoms with Crippen molar-refractivity contribution in [3.63, 3.8) is 0 Å². The van der Waals surface area contributed by atoms with E-state index in [1.165, 1.54) is 295 Å². The lowest BCUT2D eigenvalue weighted by Crippen LogP contribution is -2.47. The smallest absolute Gasteiger partial charge is 0.306 e. The van der Waals surface area contributed by atoms with E-state index in [1.807, 2.05) is 33.3 Å². The van der Waals surface area contributed by atoms with Crippen LogP contribution in [0.15, 0.2) is 24.3 Å². The molecule has 0 saturated carbocycles. The van der Waals surface area contributed by atoms with Crippen molar-refractivity contribution in [1.29, 1.82) is 0 Å². The fourth-order valence-electron chi connectivity index (χ4n) is 11.4. The van der Waals surface area contributed by atoms with Crippen molar-refractivity contribution in [3.05, 3.63) is 24.3 Å². The van der Waals surface area contributed by atoms with Crippen LogP contribution in [-0.2, 0) is 27.9 Å². The summed E-state index contributed by atoms with van der Waals surface area (Å²) < 4.78 is 30.5. The molecule has 0 aromatic heterocycles. The van der Waals surface area contributed by atoms with E-state index in [1.54, 1.807) is 0 Å². The molecule has 0 fully saturated rings. The van der Waals surface area contributed by atoms with Gasteiger partial charge in [-0.3, -0.25) is 14.2 Å². The number of unbranched alkanes of at least 4 members (excludes halogenated alkanes) is 51. The number of nitrogens with zero attached hydrogens (tertiary/aromatic N) is 1. The quantitative estimate of drug-likeness (QED) is 0.0212. The average molecular weight is 1210 g/mol. The highest BCUT2D eigenvalue weighted by atomic mass is 31.2. The van der Waals surface area contributed by atoms with Crippen LogP contribution in [0, 0.1) is 0 Å². The summed E-state index contributed by atoms with van der Waals surface area (Å²) in [5.41, 5.74) is 0. The lowest BCUT2D eigenvalue weighted by molar-refractivity contribution is -0.870. The SMILES string of the molecule is CCCCCCCC/C=C/CCCCCCCCCCCCCCCC(=O)NC(COP(=O)([O-])OCC[N+](C)(C)C)C(/C=C/CCCCCCCCCCCC)OC(=O)CCCCCCCCCCCCCCCCCCCCCCCCC. The van der Waals surface area contributed by atoms with E-state index < -0.39 is 20.0 Å². The van der Waals surface area contributed by atoms with Crippen molar-refractivity contribution in [1.82, 2.24) is 5.32 Å². The van der Waals surface area contributed by atoms with Gasteiger partial charge in [-0.25, -0.2) is 0 Å². The third kappa shape index (κ3) is 64.9. The van der Waals surface area contributed by atoms with Crippen LogP contribution in [0.5, 0.6) is 0 Å². The molecular formula is C74H145N2O7P. The first-order valence-corrected chi connectivity index (χ1v) is 38.6. The summed E-state index contributed by atoms with van der Waals surface area (Å²) in [5, 5.41) is 3.05. The molecule has 0 heterocycles. The van der Waals surface area contributed by atoms with Crippen molar-refractivity contribution in [2.75, 3.05) is 40.9 Å². The van der Waals surface area contributed by atoms with Gasteiger partial charge in [0.2, 0.25) is 5.91 Å². The van der Waals surface area contributed by atoms with Crippen LogP contribution >= 0.6 is 7.82 Å². The Kier molecular flexibility index (Phi) is 63.3. The normalized spacial score (nSPS) is 13.6. The van der Waals surface area contributed by atoms with Crippen LogP contribution in [0.2, 0.25) is 0 Å². The van der Waals surface area contributed by atoms with E-state index in [4.69, 9.17) is 13.8 Å². The zero-order valence-electron chi connectivity index (χ0n) is 57.1. The number of hydrogen-bond donors (Lipinski definition) is 1. The minimum atomic E-state index is -4.70. The standard InChI is InChI=1S/C74H145N2O7P/c1-7-10-13-16-19-22-25-28-30-32-34-36-38-40-42-44-46-48-51-54-57-60-63-66-73(77)75-71(70-82-84(79,80)81-69-68-76(4,5)6)72(65-62-59-56-53-50-27-24-21-18-15-12-9-3)83-74(78)67-64-61-58-55-52-49-47-45-43-41-39-37-35-33-31-29-26-23-20-17-14-11-8-2/h28,30,62,65,71-72H,7-27,29,31-61,63-64,66-70H2,1-6H3,(H-,75,77,79,80)/b30-28+,65-62+. The van der Waals surface area contributed by atoms with Gasteiger partial charge in [0.25, 0.3) is 7.82 Å². The molecule has 3 unspecified atom stereocenters. The van der Waals surface area contributed by atoms with Gasteiger partial charge in [-0.05, 0) is 57.4 Å². The molecule has 3 atom stereocenters. The van der Waals surface area contributed by atoms with Gasteiger partial charge < -0.3 is 28.5 Å². The second-order valence-corrected chi connectivity index (χ2v) is 28.2. The van der Waals surface area contributed by atoms with E-state index in [0.717, 1.165) is 57.8 Å². The summed E-state index contributed by atoms with van der Waals surface area (Å²) in [6, 6.07) is -0.884. The number of ether oxygens (including phenoxy) is 1. The fraction of sp³-hybridized carbons (Fsp3) is 0.919. The zero-order chi connectivity index (χ0) is 61.4. The van der Waals surface area contributed by atoms with Crippen molar-refractivity contribution in [2.24, 2.45) is 0 Å². The maximum atomic E-state index is 13.6. The Hall–Kier alpha value is -1.51. The van der Waals surface area contributed by atoms with Crippen LogP contribution < -0.4 is 10.2 Å². The highest BCUT2D eigenvalue weighted by Gasteiger charge is 2.27. The van der Waals surface area contributed by atoms with Crippen LogP contribution in [-0.4, -0.2) is 69.4 Å². The lowest BCUT2D eigenvalue weighted by Gasteiger charge is -2.30. The van der Waals surface area contributed by atoms with Gasteiger partial charge in [-0.2, -0.15) is 0 Å². The average Bonchev–Trinajstić information content (AvgIpc) is 3.64. The maximum absolute atomic E-state index is 13.6. The number of carbonyl (C=O) groups excluding carboxylic acids is 2. The number of phosphoric ester groups is 1. The summed E-state index contributed by atoms with van der Waals surface area (Å²) in [5.74, 6) is -0.516. The second kappa shape index (κ2) is 64.5. The summed E-state index contributed by atoms with van der Waals surface area (Å²) in [6.45, 7) is 6.92. The number of likely N-dealkylation sites (N-methyl/N-ethyl adjacent to an activating group) is 1. The summed E-state index contributed by atoms with van der Waals surface area (Å²) in [6.07, 6.45) is 78.8. The second-order valence-electron chi connectivity index (χ2n) is 26.8. The Bertz CT molecular complexity index is 1480. The minimum absolute atomic E-state index is 0.0180. The number of quaternary nitrogens is 1. The van der Waals surface area contributed by atoms with Crippen molar-refractivity contribution in [2.45, 2.75) is 399 Å². The summed E-state index contributed by atoms with van der Waals surface area (Å²) >= 11 is 0. The van der Waals surface area contributed by atoms with Crippen molar-refractivity contribution in [3.8, 4) is 0 Å². The first-order chi connectivity index (χ1) is 40.9. The zero-order valence-corrected chi connectivity index (χ0v) is 58.0. The third-order valence-electron chi connectivity index (χ3n) is 17.1. The third-order valence-corrected chi connectivity index (χ3v) is 18.1. The Morgan fingerprint density at radius 3 is 1.01 bits per heavy atom. The van der Waals surface area contributed by atoms with Gasteiger partial charge in [-0.15, -0.1) is 0 Å². The van der Waals surface area contributed by atoms with E-state index in [0.29, 0.717) is 17.4 Å². The first-order valence-electron chi connectivity index (χ1n) is 37.1. The molecule has 0 aromatic carbocycles. The molecule has 84 heavy (non-hydrogen) atoms. The van der Waals surface area contributed by atoms with Crippen LogP contribution in [0.4, 0.5) is 0 Å². The van der Waals surface area contributed by atoms with Gasteiger partial charge in [-0.1, -0.05) is 341 Å². The van der Waals surface area contributed by atoms with Crippen molar-refractivity contribution >= 4 is 19.7 Å². The predicted molar refractivity (Wildman–Crippen MR) is 363 cm³/mol. The maximum Gasteiger partial charge on any atom is 0.306 e. The number of nitrogens with one attached hydrogen (secondary N) is 1. The Labute approximate surface area is 524 Å². The van der Waals surface area contributed by atoms with Gasteiger partial charge in [0.1, 0.15) is 19.3 Å². The van der Waals surface area contributed by atoms with Crippen LogP contribution in [0.25, 0.3) is 0 Å². The summed E-state index contributed by atoms with van der Waals surface area (Å²) in [7, 11) is 1.21. The number of amides is 1. The highest BCUT2D eigenvalue weighted by Crippen LogP contribution is 2.38. The number of hydrogen-bond acceptors (Lipinski definition) is 7. The predicted octanol–water partition coefficient (Wildman–Crippen LogP) is 23.0. The molecule has 9 nitrogen and oxygen atoms in total. The van der Waals surface area contributed by atoms with E-state index >= 15 is 0 Å². The van der Waals surface area contributed by atoms with Crippen LogP contribution in [0.3, 0.4) is 0 Å². The topological polar surface area (TPSA) is 114 Å². The number of rotatable bonds is 69. The van der Waals surface area contributed by atoms with Gasteiger partial charge in [0.15, 0.2) is 0 Å². The number of esters is 1. The number of phosphoric acid groups is 1. The lowest BCUT2D eigenvalue weighted by atomic mass is 10.0. The molecule has 10 heteroatoms. The van der Waals surface area contributed by atoms with Crippen molar-refractivity contribution < 1.29 is 37.3 Å². The molecule has 0 rings (SSSR count). The van der Waals surface area contributed by atoms with E-state index in [2.05, 4.69) is 38.2 Å². The summed E-state index contributed by atoms with van der Waals surface area (Å²) in [4.78, 5) is 40.2. The molecule has 0 spiro atoms. The Morgan fingerprint density at radius 1 is 0.405 bits per heavy atom. The molecule has 0 aliphatic carbocycles. The highest BCUT2D eigenvalue weighted by molar-refractivity contribution is 7.45. The molecule has 0 aromatic rings. The Balaban J connectivity index is 4.99.